The van der Waals surface area contributed by atoms with E-state index in [0.717, 1.165) is 203 Å². The number of ether oxygens (including phenoxy) is 16. The fourth-order valence-corrected chi connectivity index (χ4v) is 20.4. The van der Waals surface area contributed by atoms with Crippen LogP contribution in [-0.2, 0) is 63.8 Å². The molecule has 12 aromatic rings. The molecule has 0 atom stereocenters. The average molecular weight is 1920 g/mol. The van der Waals surface area contributed by atoms with Gasteiger partial charge in [0.1, 0.15) is 46.0 Å². The number of methoxy groups -OCH3 is 4. The molecule has 0 N–H and O–H groups in total. The number of benzene rings is 6. The summed E-state index contributed by atoms with van der Waals surface area (Å²) >= 11 is 0. The topological polar surface area (TPSA) is 306 Å². The van der Waals surface area contributed by atoms with E-state index in [1.807, 2.05) is 117 Å². The number of hydrogen-bond donors (Lipinski definition) is 0. The van der Waals surface area contributed by atoms with Gasteiger partial charge in [-0.25, -0.2) is 0 Å². The number of pyridine rings is 6. The van der Waals surface area contributed by atoms with Crippen LogP contribution >= 0.6 is 0 Å². The molecule has 4 spiro atoms. The van der Waals surface area contributed by atoms with Crippen LogP contribution in [0.2, 0.25) is 0 Å². The summed E-state index contributed by atoms with van der Waals surface area (Å²) in [6.07, 6.45) is 25.7. The van der Waals surface area contributed by atoms with Crippen LogP contribution in [0.4, 0.5) is 0 Å². The lowest BCUT2D eigenvalue weighted by molar-refractivity contribution is -0.195. The normalized spacial score (nSPS) is 17.4. The summed E-state index contributed by atoms with van der Waals surface area (Å²) in [5.41, 5.74) is 18.6. The average Bonchev–Trinajstić information content (AvgIpc) is 0.965. The van der Waals surface area contributed by atoms with E-state index < -0.39 is 0 Å². The minimum Gasteiger partial charge on any atom is -0.493 e. The first kappa shape index (κ1) is 93.8. The van der Waals surface area contributed by atoms with E-state index in [-0.39, 0.29) is 58.5 Å². The number of carbonyl (C=O) groups is 4. The third-order valence-electron chi connectivity index (χ3n) is 28.1. The molecular formula is C112H114N10O20. The van der Waals surface area contributed by atoms with Crippen LogP contribution in [0.1, 0.15) is 111 Å². The van der Waals surface area contributed by atoms with Gasteiger partial charge in [-0.2, -0.15) is 0 Å². The Kier molecular flexibility index (Phi) is 26.4. The third-order valence-corrected chi connectivity index (χ3v) is 28.1. The number of likely N-dealkylation sites (tertiary alicyclic amines) is 4. The smallest absolute Gasteiger partial charge is 0.226 e. The Labute approximate surface area is 822 Å². The van der Waals surface area contributed by atoms with E-state index in [1.54, 1.807) is 65.6 Å². The van der Waals surface area contributed by atoms with Gasteiger partial charge in [0.25, 0.3) is 0 Å². The maximum absolute atomic E-state index is 12.5. The van der Waals surface area contributed by atoms with E-state index >= 15 is 0 Å². The molecule has 0 unspecified atom stereocenters. The highest BCUT2D eigenvalue weighted by Gasteiger charge is 2.53. The summed E-state index contributed by atoms with van der Waals surface area (Å²) in [4.78, 5) is 84.4. The maximum atomic E-state index is 12.5. The molecule has 0 radical (unpaired) electrons. The monoisotopic (exact) mass is 1920 g/mol. The van der Waals surface area contributed by atoms with E-state index in [0.29, 0.717) is 138 Å². The highest BCUT2D eigenvalue weighted by atomic mass is 16.5. The molecule has 30 nitrogen and oxygen atoms in total. The Bertz CT molecular complexity index is 6630. The van der Waals surface area contributed by atoms with Crippen LogP contribution in [0.15, 0.2) is 181 Å². The largest absolute Gasteiger partial charge is 0.493 e. The first-order valence-corrected chi connectivity index (χ1v) is 48.5. The third kappa shape index (κ3) is 20.1. The number of amides is 4. The number of aromatic nitrogens is 6. The molecule has 142 heavy (non-hydrogen) atoms. The van der Waals surface area contributed by atoms with Crippen LogP contribution in [0.3, 0.4) is 0 Å². The van der Waals surface area contributed by atoms with Crippen molar-refractivity contribution in [1.82, 2.24) is 49.5 Å². The standard InChI is InChI=1S/C29H30N2O5.C28H29N3O5.C28H28N2O5.C27H27N3O5/c1-19-10-20-5-6-22(12-21(20)11-19)36-25-7-8-30-24-14-27(26(33-2)13-23(24)25)35-9-3-4-28(32)31-15-29(16-31)17-34-18-29;1-18-8-19-10-20(13-30-22(19)9-18)36-24-5-6-29-23-12-26(25(33-2)11-21(23)24)35-7-3-4-27(32)31-14-28(15-31)16-34-17-28;1-18-9-19-3-4-21(11-20(19)10-18)35-24-5-7-29-23-13-26(25(32-2)12-22(23)24)34-8-6-27(31)30-14-28(15-30)16-33-17-28;1-17-7-18-9-19(12-29-21(18)8-17)35-23-3-5-28-22-11-25(24(32-2)10-20(22)23)34-6-4-26(31)30-13-27(14-30)15-33-16-27/h5-8,11-14H,3-4,9-10,15-18H2,1-2H3;5-6,8,10-13H,3-4,7,9,14-17H2,1-2H3;3-5,7,10-13H,6,8-9,14-17H2,1-2H3;3,5,7,9-12H,4,6,8,13-16H2,1-2H3. The van der Waals surface area contributed by atoms with Gasteiger partial charge in [-0.1, -0.05) is 58.7 Å². The maximum Gasteiger partial charge on any atom is 0.226 e. The summed E-state index contributed by atoms with van der Waals surface area (Å²) in [6.45, 7) is 22.5. The van der Waals surface area contributed by atoms with Crippen LogP contribution in [0.25, 0.3) is 67.9 Å². The number of hydrogen-bond acceptors (Lipinski definition) is 26. The van der Waals surface area contributed by atoms with Crippen LogP contribution in [-0.4, -0.2) is 233 Å². The molecule has 14 heterocycles. The van der Waals surface area contributed by atoms with Gasteiger partial charge in [0.05, 0.1) is 188 Å². The Morgan fingerprint density at radius 2 is 0.570 bits per heavy atom. The van der Waals surface area contributed by atoms with Gasteiger partial charge in [-0.3, -0.25) is 49.1 Å². The minimum atomic E-state index is 0.101. The second-order valence-electron chi connectivity index (χ2n) is 39.6. The molecule has 0 bridgehead atoms. The van der Waals surface area contributed by atoms with Crippen molar-refractivity contribution >= 4 is 91.5 Å². The van der Waals surface area contributed by atoms with Crippen molar-refractivity contribution in [2.75, 3.05) is 160 Å². The lowest BCUT2D eigenvalue weighted by Gasteiger charge is -2.55. The fraction of sp³-hybridized carbons (Fsp3) is 0.375. The van der Waals surface area contributed by atoms with E-state index in [9.17, 15) is 19.2 Å². The summed E-state index contributed by atoms with van der Waals surface area (Å²) in [5.74, 6) is 10.8. The minimum absolute atomic E-state index is 0.101. The van der Waals surface area contributed by atoms with Crippen LogP contribution < -0.4 is 56.8 Å². The van der Waals surface area contributed by atoms with Crippen molar-refractivity contribution in [3.05, 3.63) is 226 Å². The van der Waals surface area contributed by atoms with Gasteiger partial charge in [0.15, 0.2) is 46.0 Å². The Morgan fingerprint density at radius 3 is 0.866 bits per heavy atom. The lowest BCUT2D eigenvalue weighted by atomic mass is 9.78. The predicted octanol–water partition coefficient (Wildman–Crippen LogP) is 18.1. The molecule has 30 heteroatoms. The summed E-state index contributed by atoms with van der Waals surface area (Å²) in [6, 6.07) is 38.7. The second kappa shape index (κ2) is 39.9. The lowest BCUT2D eigenvalue weighted by Crippen LogP contribution is -2.67. The molecule has 6 aromatic carbocycles. The zero-order valence-electron chi connectivity index (χ0n) is 81.2. The highest BCUT2D eigenvalue weighted by Crippen LogP contribution is 2.48. The van der Waals surface area contributed by atoms with Gasteiger partial charge in [-0.15, -0.1) is 0 Å². The number of rotatable bonds is 30. The first-order valence-electron chi connectivity index (χ1n) is 48.5. The van der Waals surface area contributed by atoms with Crippen molar-refractivity contribution in [2.45, 2.75) is 91.9 Å². The molecule has 0 saturated carbocycles. The first-order chi connectivity index (χ1) is 69.1. The zero-order chi connectivity index (χ0) is 97.4. The summed E-state index contributed by atoms with van der Waals surface area (Å²) in [7, 11) is 6.42. The molecule has 8 fully saturated rings. The van der Waals surface area contributed by atoms with Crippen molar-refractivity contribution in [3.63, 3.8) is 0 Å². The Hall–Kier alpha value is -14.5. The quantitative estimate of drug-likeness (QED) is 0.0378. The molecule has 8 saturated heterocycles. The molecule has 12 aliphatic rings. The molecule has 4 amide bonds. The zero-order valence-corrected chi connectivity index (χ0v) is 81.2. The van der Waals surface area contributed by atoms with Gasteiger partial charge in [0.2, 0.25) is 23.6 Å². The summed E-state index contributed by atoms with van der Waals surface area (Å²) in [5, 5.41) is 3.29. The van der Waals surface area contributed by atoms with E-state index in [4.69, 9.17) is 75.8 Å². The number of carbonyl (C=O) groups excluding carboxylic acids is 4. The second-order valence-corrected chi connectivity index (χ2v) is 39.6. The molecule has 4 aliphatic carbocycles. The fourth-order valence-electron chi connectivity index (χ4n) is 20.4. The van der Waals surface area contributed by atoms with Crippen molar-refractivity contribution in [3.8, 4) is 92.0 Å². The van der Waals surface area contributed by atoms with Gasteiger partial charge in [-0.05, 0) is 172 Å². The van der Waals surface area contributed by atoms with Crippen LogP contribution in [0.5, 0.6) is 92.0 Å². The molecular weight excluding hydrogens is 1810 g/mol. The SMILES string of the molecule is COc1cc2c(Oc3ccc4c(c3)C=C(C)C4)ccnc2cc1OCCC(=O)N1CC2(COC2)C1.COc1cc2c(Oc3ccc4c(c3)C=C(C)C4)ccnc2cc1OCCCC(=O)N1CC2(COC2)C1.COc1cc2c(Oc3cnc4c(c3)C=C(C)C4)ccnc2cc1OCCC(=O)N1CC2(COC2)C1.COc1cc2c(Oc3cnc4c(c3)C=C(C)C4)ccnc2cc1OCCCC(=O)N1CC2(COC2)C1. The highest BCUT2D eigenvalue weighted by molar-refractivity contribution is 5.92. The Balaban J connectivity index is 0.000000112. The summed E-state index contributed by atoms with van der Waals surface area (Å²) < 4.78 is 92.3. The van der Waals surface area contributed by atoms with Gasteiger partial charge in [0, 0.05) is 149 Å². The van der Waals surface area contributed by atoms with Gasteiger partial charge < -0.3 is 95.4 Å². The van der Waals surface area contributed by atoms with Crippen LogP contribution in [0, 0.1) is 21.7 Å². The Morgan fingerprint density at radius 1 is 0.296 bits per heavy atom. The van der Waals surface area contributed by atoms with Crippen molar-refractivity contribution in [1.29, 1.82) is 0 Å². The molecule has 732 valence electrons. The number of nitrogens with zero attached hydrogens (tertiary/aromatic N) is 10. The van der Waals surface area contributed by atoms with E-state index in [1.165, 1.54) is 44.5 Å². The van der Waals surface area contributed by atoms with Crippen molar-refractivity contribution in [2.24, 2.45) is 21.7 Å². The van der Waals surface area contributed by atoms with Gasteiger partial charge >= 0.3 is 0 Å². The predicted molar refractivity (Wildman–Crippen MR) is 533 cm³/mol. The number of fused-ring (bicyclic) bond motifs is 8. The molecule has 6 aromatic heterocycles. The number of allylic oxidation sites excluding steroid dienone is 4. The van der Waals surface area contributed by atoms with Crippen molar-refractivity contribution < 1.29 is 95.0 Å². The molecule has 24 rings (SSSR count). The van der Waals surface area contributed by atoms with E-state index in [2.05, 4.69) is 106 Å². The molecule has 8 aliphatic heterocycles.